The van der Waals surface area contributed by atoms with Gasteiger partial charge in [-0.2, -0.15) is 0 Å². The first-order valence-electron chi connectivity index (χ1n) is 6.79. The molecule has 0 radical (unpaired) electrons. The summed E-state index contributed by atoms with van der Waals surface area (Å²) in [5.74, 6) is 1.40. The van der Waals surface area contributed by atoms with Gasteiger partial charge in [0.1, 0.15) is 0 Å². The van der Waals surface area contributed by atoms with E-state index in [-0.39, 0.29) is 0 Å². The van der Waals surface area contributed by atoms with Crippen LogP contribution < -0.4 is 5.32 Å². The van der Waals surface area contributed by atoms with E-state index >= 15 is 0 Å². The Kier molecular flexibility index (Phi) is 5.04. The van der Waals surface area contributed by atoms with Crippen LogP contribution in [0.4, 0.5) is 0 Å². The fraction of sp³-hybridized carbons (Fsp3) is 0.600. The monoisotopic (exact) mass is 266 g/mol. The molecular formula is C15H23ClN2. The van der Waals surface area contributed by atoms with E-state index in [0.717, 1.165) is 17.5 Å². The van der Waals surface area contributed by atoms with Crippen molar-refractivity contribution in [2.45, 2.75) is 18.8 Å². The smallest absolute Gasteiger partial charge is 0.0406 e. The molecular weight excluding hydrogens is 244 g/mol. The summed E-state index contributed by atoms with van der Waals surface area (Å²) in [5, 5.41) is 4.17. The van der Waals surface area contributed by atoms with Crippen molar-refractivity contribution in [1.82, 2.24) is 10.2 Å². The molecule has 18 heavy (non-hydrogen) atoms. The lowest BCUT2D eigenvalue weighted by Crippen LogP contribution is -2.35. The molecule has 0 spiro atoms. The average Bonchev–Trinajstić information content (AvgIpc) is 2.39. The number of likely N-dealkylation sites (tertiary alicyclic amines) is 1. The Morgan fingerprint density at radius 2 is 1.89 bits per heavy atom. The maximum absolute atomic E-state index is 5.98. The van der Waals surface area contributed by atoms with Gasteiger partial charge in [0.25, 0.3) is 0 Å². The zero-order valence-corrected chi connectivity index (χ0v) is 12.1. The highest BCUT2D eigenvalue weighted by Gasteiger charge is 2.25. The average molecular weight is 267 g/mol. The molecule has 1 heterocycles. The molecule has 1 N–H and O–H groups in total. The molecule has 0 saturated carbocycles. The highest BCUT2D eigenvalue weighted by atomic mass is 35.5. The third-order valence-corrected chi connectivity index (χ3v) is 4.31. The van der Waals surface area contributed by atoms with Gasteiger partial charge in [-0.3, -0.25) is 0 Å². The minimum absolute atomic E-state index is 0.612. The lowest BCUT2D eigenvalue weighted by molar-refractivity contribution is 0.197. The van der Waals surface area contributed by atoms with Gasteiger partial charge in [-0.05, 0) is 69.6 Å². The summed E-state index contributed by atoms with van der Waals surface area (Å²) in [6.07, 6.45) is 2.59. The molecule has 0 amide bonds. The van der Waals surface area contributed by atoms with Gasteiger partial charge < -0.3 is 10.2 Å². The van der Waals surface area contributed by atoms with Crippen molar-refractivity contribution in [2.24, 2.45) is 5.92 Å². The molecule has 0 aromatic heterocycles. The van der Waals surface area contributed by atoms with Crippen molar-refractivity contribution in [1.29, 1.82) is 0 Å². The highest BCUT2D eigenvalue weighted by molar-refractivity contribution is 6.30. The first kappa shape index (κ1) is 13.9. The first-order chi connectivity index (χ1) is 8.70. The standard InChI is InChI=1S/C15H23ClN2/c1-17-11-15(12-3-5-14(16)6-4-12)13-7-9-18(2)10-8-13/h3-6,13,15,17H,7-11H2,1-2H3. The molecule has 1 fully saturated rings. The Balaban J connectivity index is 2.09. The van der Waals surface area contributed by atoms with Gasteiger partial charge in [-0.25, -0.2) is 0 Å². The Morgan fingerprint density at radius 3 is 2.44 bits per heavy atom. The van der Waals surface area contributed by atoms with Crippen LogP contribution >= 0.6 is 11.6 Å². The minimum atomic E-state index is 0.612. The number of hydrogen-bond donors (Lipinski definition) is 1. The van der Waals surface area contributed by atoms with Crippen molar-refractivity contribution in [2.75, 3.05) is 33.7 Å². The van der Waals surface area contributed by atoms with Crippen molar-refractivity contribution < 1.29 is 0 Å². The van der Waals surface area contributed by atoms with Crippen LogP contribution in [0, 0.1) is 5.92 Å². The lowest BCUT2D eigenvalue weighted by Gasteiger charge is -2.34. The molecule has 2 nitrogen and oxygen atoms in total. The van der Waals surface area contributed by atoms with E-state index in [1.807, 2.05) is 19.2 Å². The lowest BCUT2D eigenvalue weighted by atomic mass is 9.80. The SMILES string of the molecule is CNCC(c1ccc(Cl)cc1)C1CCN(C)CC1. The second kappa shape index (κ2) is 6.55. The topological polar surface area (TPSA) is 15.3 Å². The second-order valence-electron chi connectivity index (χ2n) is 5.36. The number of likely N-dealkylation sites (N-methyl/N-ethyl adjacent to an activating group) is 1. The maximum Gasteiger partial charge on any atom is 0.0406 e. The van der Waals surface area contributed by atoms with E-state index in [1.54, 1.807) is 0 Å². The van der Waals surface area contributed by atoms with Gasteiger partial charge in [0.2, 0.25) is 0 Å². The number of benzene rings is 1. The fourth-order valence-electron chi connectivity index (χ4n) is 2.92. The fourth-order valence-corrected chi connectivity index (χ4v) is 3.04. The van der Waals surface area contributed by atoms with E-state index in [1.165, 1.54) is 31.5 Å². The third kappa shape index (κ3) is 3.47. The van der Waals surface area contributed by atoms with Gasteiger partial charge in [-0.1, -0.05) is 23.7 Å². The van der Waals surface area contributed by atoms with Crippen LogP contribution in [0.15, 0.2) is 24.3 Å². The summed E-state index contributed by atoms with van der Waals surface area (Å²) in [5.41, 5.74) is 1.42. The molecule has 3 heteroatoms. The summed E-state index contributed by atoms with van der Waals surface area (Å²) in [4.78, 5) is 2.43. The number of piperidine rings is 1. The quantitative estimate of drug-likeness (QED) is 0.901. The molecule has 0 bridgehead atoms. The number of nitrogens with zero attached hydrogens (tertiary/aromatic N) is 1. The maximum atomic E-state index is 5.98. The summed E-state index contributed by atoms with van der Waals surface area (Å²) < 4.78 is 0. The number of hydrogen-bond acceptors (Lipinski definition) is 2. The zero-order chi connectivity index (χ0) is 13.0. The summed E-state index contributed by atoms with van der Waals surface area (Å²) >= 11 is 5.98. The van der Waals surface area contributed by atoms with Gasteiger partial charge >= 0.3 is 0 Å². The van der Waals surface area contributed by atoms with E-state index < -0.39 is 0 Å². The van der Waals surface area contributed by atoms with Crippen molar-refractivity contribution >= 4 is 11.6 Å². The molecule has 1 unspecified atom stereocenters. The Labute approximate surface area is 115 Å². The van der Waals surface area contributed by atoms with Crippen molar-refractivity contribution in [3.05, 3.63) is 34.9 Å². The van der Waals surface area contributed by atoms with Crippen LogP contribution in [-0.2, 0) is 0 Å². The summed E-state index contributed by atoms with van der Waals surface area (Å²) in [7, 11) is 4.25. The molecule has 1 aromatic carbocycles. The van der Waals surface area contributed by atoms with Crippen LogP contribution in [0.2, 0.25) is 5.02 Å². The third-order valence-electron chi connectivity index (χ3n) is 4.05. The normalized spacial score (nSPS) is 19.9. The second-order valence-corrected chi connectivity index (χ2v) is 5.79. The number of rotatable bonds is 4. The Morgan fingerprint density at radius 1 is 1.28 bits per heavy atom. The molecule has 1 aliphatic heterocycles. The van der Waals surface area contributed by atoms with E-state index in [0.29, 0.717) is 5.92 Å². The Bertz CT molecular complexity index is 355. The van der Waals surface area contributed by atoms with Crippen LogP contribution in [0.1, 0.15) is 24.3 Å². The van der Waals surface area contributed by atoms with Gasteiger partial charge in [0.15, 0.2) is 0 Å². The molecule has 1 saturated heterocycles. The molecule has 2 rings (SSSR count). The molecule has 1 aliphatic rings. The van der Waals surface area contributed by atoms with Gasteiger partial charge in [0.05, 0.1) is 0 Å². The first-order valence-corrected chi connectivity index (χ1v) is 7.17. The van der Waals surface area contributed by atoms with Crippen LogP contribution in [0.3, 0.4) is 0 Å². The van der Waals surface area contributed by atoms with Crippen LogP contribution in [0.5, 0.6) is 0 Å². The Hall–Kier alpha value is -0.570. The predicted molar refractivity (Wildman–Crippen MR) is 78.3 cm³/mol. The number of nitrogens with one attached hydrogen (secondary N) is 1. The zero-order valence-electron chi connectivity index (χ0n) is 11.3. The van der Waals surface area contributed by atoms with E-state index in [4.69, 9.17) is 11.6 Å². The van der Waals surface area contributed by atoms with E-state index in [2.05, 4.69) is 29.4 Å². The van der Waals surface area contributed by atoms with Crippen molar-refractivity contribution in [3.8, 4) is 0 Å². The summed E-state index contributed by atoms with van der Waals surface area (Å²) in [6, 6.07) is 8.38. The van der Waals surface area contributed by atoms with Gasteiger partial charge in [-0.15, -0.1) is 0 Å². The van der Waals surface area contributed by atoms with Crippen LogP contribution in [0.25, 0.3) is 0 Å². The molecule has 0 aliphatic carbocycles. The number of halogens is 1. The van der Waals surface area contributed by atoms with Crippen LogP contribution in [-0.4, -0.2) is 38.6 Å². The van der Waals surface area contributed by atoms with E-state index in [9.17, 15) is 0 Å². The molecule has 1 atom stereocenters. The van der Waals surface area contributed by atoms with Crippen molar-refractivity contribution in [3.63, 3.8) is 0 Å². The largest absolute Gasteiger partial charge is 0.319 e. The minimum Gasteiger partial charge on any atom is -0.319 e. The van der Waals surface area contributed by atoms with Gasteiger partial charge in [0, 0.05) is 11.6 Å². The molecule has 100 valence electrons. The summed E-state index contributed by atoms with van der Waals surface area (Å²) in [6.45, 7) is 3.49. The molecule has 1 aromatic rings. The highest BCUT2D eigenvalue weighted by Crippen LogP contribution is 2.32. The predicted octanol–water partition coefficient (Wildman–Crippen LogP) is 2.98.